The van der Waals surface area contributed by atoms with E-state index in [1.165, 1.54) is 6.08 Å². The van der Waals surface area contributed by atoms with Gasteiger partial charge in [-0.2, -0.15) is 0 Å². The van der Waals surface area contributed by atoms with Crippen molar-refractivity contribution < 1.29 is 9.53 Å². The van der Waals surface area contributed by atoms with Crippen molar-refractivity contribution in [3.8, 4) is 0 Å². The Kier molecular flexibility index (Phi) is 4.61. The maximum Gasteiger partial charge on any atom is 0.330 e. The molecule has 122 valence electrons. The first-order valence-corrected chi connectivity index (χ1v) is 7.82. The Bertz CT molecular complexity index is 879. The van der Waals surface area contributed by atoms with Gasteiger partial charge in [-0.25, -0.2) is 9.78 Å². The van der Waals surface area contributed by atoms with Crippen LogP contribution in [-0.2, 0) is 16.0 Å². The fourth-order valence-electron chi connectivity index (χ4n) is 2.46. The largest absolute Gasteiger partial charge is 0.463 e. The van der Waals surface area contributed by atoms with E-state index in [-0.39, 0.29) is 5.97 Å². The Morgan fingerprint density at radius 1 is 1.25 bits per heavy atom. The molecule has 0 aliphatic rings. The molecule has 1 heterocycles. The number of nitrogens with zero attached hydrogens (tertiary/aromatic N) is 1. The van der Waals surface area contributed by atoms with Crippen LogP contribution < -0.4 is 5.73 Å². The summed E-state index contributed by atoms with van der Waals surface area (Å²) in [6.07, 6.45) is 3.88. The van der Waals surface area contributed by atoms with E-state index in [2.05, 4.69) is 9.97 Å². The van der Waals surface area contributed by atoms with Crippen LogP contribution in [0.5, 0.6) is 0 Å². The van der Waals surface area contributed by atoms with Crippen LogP contribution in [0.4, 0.5) is 5.69 Å². The van der Waals surface area contributed by atoms with Crippen LogP contribution >= 0.6 is 0 Å². The fraction of sp³-hybridized carbons (Fsp3) is 0.158. The molecule has 0 unspecified atom stereocenters. The molecule has 0 radical (unpaired) electrons. The van der Waals surface area contributed by atoms with E-state index in [0.29, 0.717) is 13.0 Å². The van der Waals surface area contributed by atoms with Gasteiger partial charge < -0.3 is 15.5 Å². The number of rotatable bonds is 5. The van der Waals surface area contributed by atoms with E-state index in [9.17, 15) is 4.79 Å². The summed E-state index contributed by atoms with van der Waals surface area (Å²) in [6.45, 7) is 2.16. The van der Waals surface area contributed by atoms with Gasteiger partial charge in [-0.05, 0) is 42.3 Å². The highest BCUT2D eigenvalue weighted by atomic mass is 16.5. The number of carbonyl (C=O) groups excluding carboxylic acids is 1. The number of nitrogens with one attached hydrogen (secondary N) is 1. The van der Waals surface area contributed by atoms with Crippen LogP contribution in [0.2, 0.25) is 0 Å². The molecular formula is C19H19N3O2. The monoisotopic (exact) mass is 321 g/mol. The number of hydrogen-bond acceptors (Lipinski definition) is 4. The standard InChI is InChI=1S/C19H19N3O2/c1-2-24-19(23)10-7-13-3-5-14(6-4-13)11-18-21-16-9-8-15(20)12-17(16)22-18/h3-10,12H,2,11,20H2,1H3,(H,21,22). The Morgan fingerprint density at radius 2 is 2.04 bits per heavy atom. The summed E-state index contributed by atoms with van der Waals surface area (Å²) in [5.41, 5.74) is 10.4. The zero-order chi connectivity index (χ0) is 16.9. The Balaban J connectivity index is 1.70. The number of imidazole rings is 1. The number of anilines is 1. The van der Waals surface area contributed by atoms with Gasteiger partial charge in [0.25, 0.3) is 0 Å². The van der Waals surface area contributed by atoms with Gasteiger partial charge in [0.05, 0.1) is 17.6 Å². The van der Waals surface area contributed by atoms with Crippen LogP contribution in [0.1, 0.15) is 23.9 Å². The minimum atomic E-state index is -0.330. The third-order valence-electron chi connectivity index (χ3n) is 3.60. The fourth-order valence-corrected chi connectivity index (χ4v) is 2.46. The van der Waals surface area contributed by atoms with Crippen LogP contribution in [0.3, 0.4) is 0 Å². The number of hydrogen-bond donors (Lipinski definition) is 2. The number of aromatic nitrogens is 2. The quantitative estimate of drug-likeness (QED) is 0.429. The van der Waals surface area contributed by atoms with Crippen molar-refractivity contribution in [2.24, 2.45) is 0 Å². The highest BCUT2D eigenvalue weighted by Crippen LogP contribution is 2.17. The number of carbonyl (C=O) groups is 1. The molecular weight excluding hydrogens is 302 g/mol. The molecule has 3 rings (SSSR count). The summed E-state index contributed by atoms with van der Waals surface area (Å²) < 4.78 is 4.86. The summed E-state index contributed by atoms with van der Waals surface area (Å²) in [7, 11) is 0. The number of benzene rings is 2. The lowest BCUT2D eigenvalue weighted by atomic mass is 10.1. The first-order valence-electron chi connectivity index (χ1n) is 7.82. The molecule has 2 aromatic carbocycles. The summed E-state index contributed by atoms with van der Waals surface area (Å²) in [4.78, 5) is 19.2. The molecule has 0 aliphatic heterocycles. The molecule has 0 atom stereocenters. The van der Waals surface area contributed by atoms with Crippen molar-refractivity contribution >= 4 is 28.8 Å². The van der Waals surface area contributed by atoms with Crippen molar-refractivity contribution in [1.82, 2.24) is 9.97 Å². The molecule has 5 heteroatoms. The van der Waals surface area contributed by atoms with E-state index in [1.807, 2.05) is 42.5 Å². The maximum atomic E-state index is 11.3. The minimum absolute atomic E-state index is 0.330. The van der Waals surface area contributed by atoms with E-state index in [4.69, 9.17) is 10.5 Å². The zero-order valence-electron chi connectivity index (χ0n) is 13.5. The van der Waals surface area contributed by atoms with Gasteiger partial charge in [0.2, 0.25) is 0 Å². The lowest BCUT2D eigenvalue weighted by Gasteiger charge is -2.00. The van der Waals surface area contributed by atoms with Gasteiger partial charge in [-0.3, -0.25) is 0 Å². The second-order valence-corrected chi connectivity index (χ2v) is 5.46. The lowest BCUT2D eigenvalue weighted by molar-refractivity contribution is -0.137. The van der Waals surface area contributed by atoms with Crippen molar-refractivity contribution in [2.45, 2.75) is 13.3 Å². The average Bonchev–Trinajstić information content (AvgIpc) is 2.96. The molecule has 0 aliphatic carbocycles. The van der Waals surface area contributed by atoms with Crippen molar-refractivity contribution in [3.05, 3.63) is 65.5 Å². The Morgan fingerprint density at radius 3 is 2.79 bits per heavy atom. The van der Waals surface area contributed by atoms with Crippen LogP contribution in [0.15, 0.2) is 48.5 Å². The molecule has 3 N–H and O–H groups in total. The number of fused-ring (bicyclic) bond motifs is 1. The van der Waals surface area contributed by atoms with Gasteiger partial charge in [0, 0.05) is 18.2 Å². The SMILES string of the molecule is CCOC(=O)C=Cc1ccc(Cc2nc3ccc(N)cc3[nH]2)cc1. The smallest absolute Gasteiger partial charge is 0.330 e. The molecule has 0 spiro atoms. The summed E-state index contributed by atoms with van der Waals surface area (Å²) in [5.74, 6) is 0.563. The second kappa shape index (κ2) is 7.00. The van der Waals surface area contributed by atoms with Gasteiger partial charge in [0.1, 0.15) is 5.82 Å². The molecule has 5 nitrogen and oxygen atoms in total. The van der Waals surface area contributed by atoms with Crippen LogP contribution in [0.25, 0.3) is 17.1 Å². The number of H-pyrrole nitrogens is 1. The number of ether oxygens (including phenoxy) is 1. The minimum Gasteiger partial charge on any atom is -0.463 e. The summed E-state index contributed by atoms with van der Waals surface area (Å²) in [5, 5.41) is 0. The average molecular weight is 321 g/mol. The molecule has 0 bridgehead atoms. The summed E-state index contributed by atoms with van der Waals surface area (Å²) >= 11 is 0. The van der Waals surface area contributed by atoms with E-state index in [0.717, 1.165) is 33.7 Å². The predicted molar refractivity (Wildman–Crippen MR) is 95.4 cm³/mol. The Labute approximate surface area is 140 Å². The highest BCUT2D eigenvalue weighted by molar-refractivity contribution is 5.87. The Hall–Kier alpha value is -3.08. The van der Waals surface area contributed by atoms with Crippen LogP contribution in [0, 0.1) is 0 Å². The van der Waals surface area contributed by atoms with Crippen molar-refractivity contribution in [3.63, 3.8) is 0 Å². The number of esters is 1. The molecule has 0 amide bonds. The van der Waals surface area contributed by atoms with Gasteiger partial charge in [-0.15, -0.1) is 0 Å². The topological polar surface area (TPSA) is 81.0 Å². The second-order valence-electron chi connectivity index (χ2n) is 5.46. The highest BCUT2D eigenvalue weighted by Gasteiger charge is 2.04. The first-order chi connectivity index (χ1) is 11.6. The maximum absolute atomic E-state index is 11.3. The zero-order valence-corrected chi connectivity index (χ0v) is 13.5. The van der Waals surface area contributed by atoms with Gasteiger partial charge >= 0.3 is 5.97 Å². The number of nitrogens with two attached hydrogens (primary N) is 1. The van der Waals surface area contributed by atoms with Crippen LogP contribution in [-0.4, -0.2) is 22.5 Å². The summed E-state index contributed by atoms with van der Waals surface area (Å²) in [6, 6.07) is 13.6. The molecule has 0 fully saturated rings. The molecule has 0 saturated heterocycles. The third kappa shape index (κ3) is 3.81. The predicted octanol–water partition coefficient (Wildman–Crippen LogP) is 3.31. The lowest BCUT2D eigenvalue weighted by Crippen LogP contribution is -1.98. The van der Waals surface area contributed by atoms with Crippen molar-refractivity contribution in [2.75, 3.05) is 12.3 Å². The van der Waals surface area contributed by atoms with Gasteiger partial charge in [-0.1, -0.05) is 24.3 Å². The number of nitrogen functional groups attached to an aromatic ring is 1. The first kappa shape index (κ1) is 15.8. The molecule has 1 aromatic heterocycles. The van der Waals surface area contributed by atoms with Crippen molar-refractivity contribution in [1.29, 1.82) is 0 Å². The van der Waals surface area contributed by atoms with E-state index >= 15 is 0 Å². The van der Waals surface area contributed by atoms with E-state index < -0.39 is 0 Å². The third-order valence-corrected chi connectivity index (χ3v) is 3.60. The van der Waals surface area contributed by atoms with Gasteiger partial charge in [0.15, 0.2) is 0 Å². The molecule has 24 heavy (non-hydrogen) atoms. The molecule has 3 aromatic rings. The normalized spacial score (nSPS) is 11.2. The van der Waals surface area contributed by atoms with E-state index in [1.54, 1.807) is 13.0 Å². The number of aromatic amines is 1. The molecule has 0 saturated carbocycles.